The van der Waals surface area contributed by atoms with Gasteiger partial charge >= 0.3 is 0 Å². The molecule has 2 aliphatic rings. The number of carbonyl (C=O) groups is 2. The molecule has 1 aromatic rings. The lowest BCUT2D eigenvalue weighted by atomic mass is 9.81. The van der Waals surface area contributed by atoms with Gasteiger partial charge in [-0.1, -0.05) is 38.0 Å². The fourth-order valence-corrected chi connectivity index (χ4v) is 4.12. The van der Waals surface area contributed by atoms with E-state index >= 15 is 0 Å². The third-order valence-corrected chi connectivity index (χ3v) is 5.68. The van der Waals surface area contributed by atoms with Crippen molar-refractivity contribution in [2.75, 3.05) is 18.0 Å². The molecule has 3 rings (SSSR count). The predicted molar refractivity (Wildman–Crippen MR) is 100 cm³/mol. The van der Waals surface area contributed by atoms with Gasteiger partial charge in [0.15, 0.2) is 0 Å². The SMILES string of the molecule is CCCCCNC(=O)C1CCC(C(=O)N2CCc3ccccc32)CC1. The number of benzene rings is 1. The summed E-state index contributed by atoms with van der Waals surface area (Å²) in [7, 11) is 0. The van der Waals surface area contributed by atoms with Gasteiger partial charge in [0.2, 0.25) is 11.8 Å². The average Bonchev–Trinajstić information content (AvgIpc) is 3.09. The Kier molecular flexibility index (Phi) is 6.11. The summed E-state index contributed by atoms with van der Waals surface area (Å²) in [6.07, 6.45) is 7.70. The third-order valence-electron chi connectivity index (χ3n) is 5.68. The standard InChI is InChI=1S/C21H30N2O2/c1-2-3-6-14-22-20(24)17-9-11-18(12-10-17)21(25)23-15-13-16-7-4-5-8-19(16)23/h4-5,7-8,17-18H,2-3,6,9-15H2,1H3,(H,22,24). The van der Waals surface area contributed by atoms with E-state index in [1.165, 1.54) is 18.4 Å². The molecule has 0 atom stereocenters. The number of anilines is 1. The van der Waals surface area contributed by atoms with Crippen molar-refractivity contribution in [3.05, 3.63) is 29.8 Å². The molecule has 1 fully saturated rings. The zero-order chi connectivity index (χ0) is 17.6. The summed E-state index contributed by atoms with van der Waals surface area (Å²) >= 11 is 0. The Morgan fingerprint density at radius 3 is 2.56 bits per heavy atom. The molecule has 1 heterocycles. The Hall–Kier alpha value is -1.84. The molecule has 1 aliphatic heterocycles. The molecule has 136 valence electrons. The normalized spacial score (nSPS) is 22.5. The Morgan fingerprint density at radius 2 is 1.80 bits per heavy atom. The first-order chi connectivity index (χ1) is 12.2. The van der Waals surface area contributed by atoms with Gasteiger partial charge < -0.3 is 10.2 Å². The van der Waals surface area contributed by atoms with Gasteiger partial charge in [-0.25, -0.2) is 0 Å². The second kappa shape index (κ2) is 8.50. The van der Waals surface area contributed by atoms with Gasteiger partial charge in [0.1, 0.15) is 0 Å². The smallest absolute Gasteiger partial charge is 0.230 e. The van der Waals surface area contributed by atoms with Crippen LogP contribution < -0.4 is 10.2 Å². The van der Waals surface area contributed by atoms with Crippen molar-refractivity contribution < 1.29 is 9.59 Å². The molecule has 0 unspecified atom stereocenters. The third kappa shape index (κ3) is 4.23. The fraction of sp³-hybridized carbons (Fsp3) is 0.619. The summed E-state index contributed by atoms with van der Waals surface area (Å²) < 4.78 is 0. The average molecular weight is 342 g/mol. The van der Waals surface area contributed by atoms with Crippen molar-refractivity contribution in [3.63, 3.8) is 0 Å². The van der Waals surface area contributed by atoms with Gasteiger partial charge in [0.25, 0.3) is 0 Å². The Bertz CT molecular complexity index is 606. The van der Waals surface area contributed by atoms with Crippen LogP contribution in [-0.4, -0.2) is 24.9 Å². The molecule has 0 spiro atoms. The molecule has 25 heavy (non-hydrogen) atoms. The van der Waals surface area contributed by atoms with Gasteiger partial charge in [-0.05, 0) is 50.2 Å². The number of fused-ring (bicyclic) bond motifs is 1. The first-order valence-corrected chi connectivity index (χ1v) is 9.87. The van der Waals surface area contributed by atoms with Gasteiger partial charge in [0.05, 0.1) is 0 Å². The first kappa shape index (κ1) is 18.0. The molecule has 0 radical (unpaired) electrons. The molecular weight excluding hydrogens is 312 g/mol. The van der Waals surface area contributed by atoms with E-state index in [1.807, 2.05) is 17.0 Å². The largest absolute Gasteiger partial charge is 0.356 e. The number of hydrogen-bond acceptors (Lipinski definition) is 2. The maximum Gasteiger partial charge on any atom is 0.230 e. The fourth-order valence-electron chi connectivity index (χ4n) is 4.12. The number of hydrogen-bond donors (Lipinski definition) is 1. The molecule has 1 aromatic carbocycles. The number of rotatable bonds is 6. The maximum atomic E-state index is 12.9. The second-order valence-corrected chi connectivity index (χ2v) is 7.42. The van der Waals surface area contributed by atoms with E-state index in [1.54, 1.807) is 0 Å². The molecule has 2 amide bonds. The second-order valence-electron chi connectivity index (χ2n) is 7.42. The number of nitrogens with zero attached hydrogens (tertiary/aromatic N) is 1. The highest BCUT2D eigenvalue weighted by molar-refractivity contribution is 5.97. The lowest BCUT2D eigenvalue weighted by molar-refractivity contribution is -0.129. The van der Waals surface area contributed by atoms with Crippen LogP contribution in [0.3, 0.4) is 0 Å². The zero-order valence-electron chi connectivity index (χ0n) is 15.3. The van der Waals surface area contributed by atoms with Crippen molar-refractivity contribution in [1.82, 2.24) is 5.32 Å². The number of carbonyl (C=O) groups excluding carboxylic acids is 2. The van der Waals surface area contributed by atoms with Crippen molar-refractivity contribution >= 4 is 17.5 Å². The summed E-state index contributed by atoms with van der Waals surface area (Å²) in [6.45, 7) is 3.75. The Morgan fingerprint density at radius 1 is 1.08 bits per heavy atom. The molecule has 4 nitrogen and oxygen atoms in total. The topological polar surface area (TPSA) is 49.4 Å². The minimum Gasteiger partial charge on any atom is -0.356 e. The molecule has 0 aromatic heterocycles. The number of para-hydroxylation sites is 1. The summed E-state index contributed by atoms with van der Waals surface area (Å²) in [6, 6.07) is 8.21. The maximum absolute atomic E-state index is 12.9. The zero-order valence-corrected chi connectivity index (χ0v) is 15.3. The van der Waals surface area contributed by atoms with Gasteiger partial charge in [-0.15, -0.1) is 0 Å². The van der Waals surface area contributed by atoms with Gasteiger partial charge in [-0.3, -0.25) is 9.59 Å². The highest BCUT2D eigenvalue weighted by Gasteiger charge is 2.34. The minimum atomic E-state index is 0.0790. The first-order valence-electron chi connectivity index (χ1n) is 9.87. The van der Waals surface area contributed by atoms with Crippen molar-refractivity contribution in [1.29, 1.82) is 0 Å². The van der Waals surface area contributed by atoms with Crippen molar-refractivity contribution in [3.8, 4) is 0 Å². The van der Waals surface area contributed by atoms with Gasteiger partial charge in [0, 0.05) is 30.6 Å². The van der Waals surface area contributed by atoms with E-state index in [-0.39, 0.29) is 23.7 Å². The Balaban J connectivity index is 1.48. The number of unbranched alkanes of at least 4 members (excludes halogenated alkanes) is 2. The van der Waals surface area contributed by atoms with Crippen LogP contribution in [0.15, 0.2) is 24.3 Å². The summed E-state index contributed by atoms with van der Waals surface area (Å²) in [4.78, 5) is 27.1. The van der Waals surface area contributed by atoms with Crippen LogP contribution in [0.2, 0.25) is 0 Å². The number of nitrogens with one attached hydrogen (secondary N) is 1. The van der Waals surface area contributed by atoms with Crippen LogP contribution in [0.4, 0.5) is 5.69 Å². The van der Waals surface area contributed by atoms with Crippen molar-refractivity contribution in [2.45, 2.75) is 58.3 Å². The van der Waals surface area contributed by atoms with Crippen molar-refractivity contribution in [2.24, 2.45) is 11.8 Å². The van der Waals surface area contributed by atoms with Crippen LogP contribution in [0.25, 0.3) is 0 Å². The Labute approximate surface area is 151 Å². The molecule has 1 aliphatic carbocycles. The van der Waals surface area contributed by atoms with E-state index in [4.69, 9.17) is 0 Å². The molecule has 1 saturated carbocycles. The highest BCUT2D eigenvalue weighted by Crippen LogP contribution is 2.34. The quantitative estimate of drug-likeness (QED) is 0.802. The molecule has 4 heteroatoms. The summed E-state index contributed by atoms with van der Waals surface area (Å²) in [5.41, 5.74) is 2.36. The molecule has 1 N–H and O–H groups in total. The highest BCUT2D eigenvalue weighted by atomic mass is 16.2. The van der Waals surface area contributed by atoms with Crippen LogP contribution in [0.5, 0.6) is 0 Å². The summed E-state index contributed by atoms with van der Waals surface area (Å²) in [5.74, 6) is 0.618. The van der Waals surface area contributed by atoms with E-state index in [9.17, 15) is 9.59 Å². The molecule has 0 bridgehead atoms. The monoisotopic (exact) mass is 342 g/mol. The van der Waals surface area contributed by atoms with Crippen LogP contribution in [0.1, 0.15) is 57.4 Å². The van der Waals surface area contributed by atoms with E-state index < -0.39 is 0 Å². The van der Waals surface area contributed by atoms with Gasteiger partial charge in [-0.2, -0.15) is 0 Å². The predicted octanol–water partition coefficient (Wildman–Crippen LogP) is 3.69. The van der Waals surface area contributed by atoms with Crippen LogP contribution >= 0.6 is 0 Å². The molecule has 0 saturated heterocycles. The van der Waals surface area contributed by atoms with E-state index in [0.29, 0.717) is 0 Å². The summed E-state index contributed by atoms with van der Waals surface area (Å²) in [5, 5.41) is 3.07. The lowest BCUT2D eigenvalue weighted by Gasteiger charge is -2.30. The van der Waals surface area contributed by atoms with Crippen LogP contribution in [0, 0.1) is 11.8 Å². The lowest BCUT2D eigenvalue weighted by Crippen LogP contribution is -2.39. The van der Waals surface area contributed by atoms with E-state index in [2.05, 4.69) is 24.4 Å². The van der Waals surface area contributed by atoms with Crippen LogP contribution in [-0.2, 0) is 16.0 Å². The number of amides is 2. The van der Waals surface area contributed by atoms with E-state index in [0.717, 1.165) is 57.3 Å². The molecular formula is C21H30N2O2. The minimum absolute atomic E-state index is 0.0790.